The first-order chi connectivity index (χ1) is 7.84. The number of aryl methyl sites for hydroxylation is 1. The largest absolute Gasteiger partial charge is 0.364 e. The topological polar surface area (TPSA) is 28.2 Å². The molecule has 1 aliphatic heterocycles. The van der Waals surface area contributed by atoms with Crippen LogP contribution in [-0.2, 0) is 0 Å². The Labute approximate surface area is 96.9 Å². The van der Waals surface area contributed by atoms with Crippen LogP contribution in [0.25, 0.3) is 0 Å². The lowest BCUT2D eigenvalue weighted by Crippen LogP contribution is -2.38. The highest BCUT2D eigenvalue weighted by Crippen LogP contribution is 2.34. The van der Waals surface area contributed by atoms with Gasteiger partial charge in [0.15, 0.2) is 0 Å². The SMILES string of the molecule is Cc1cc(N(C2CC2)C2CCNC2)ccn1. The van der Waals surface area contributed by atoms with E-state index in [0.717, 1.165) is 24.8 Å². The fourth-order valence-corrected chi connectivity index (χ4v) is 2.64. The molecule has 1 aromatic rings. The van der Waals surface area contributed by atoms with Crippen molar-refractivity contribution in [1.29, 1.82) is 0 Å². The molecule has 3 rings (SSSR count). The van der Waals surface area contributed by atoms with Crippen LogP contribution in [0.1, 0.15) is 25.0 Å². The molecule has 1 aromatic heterocycles. The Hall–Kier alpha value is -1.09. The Morgan fingerprint density at radius 3 is 2.81 bits per heavy atom. The number of pyridine rings is 1. The highest BCUT2D eigenvalue weighted by atomic mass is 15.2. The van der Waals surface area contributed by atoms with Crippen molar-refractivity contribution >= 4 is 5.69 Å². The Kier molecular flexibility index (Phi) is 2.56. The van der Waals surface area contributed by atoms with Crippen LogP contribution in [-0.4, -0.2) is 30.2 Å². The van der Waals surface area contributed by atoms with E-state index in [2.05, 4.69) is 34.3 Å². The van der Waals surface area contributed by atoms with Crippen molar-refractivity contribution in [2.45, 2.75) is 38.3 Å². The summed E-state index contributed by atoms with van der Waals surface area (Å²) in [6, 6.07) is 5.85. The van der Waals surface area contributed by atoms with Gasteiger partial charge < -0.3 is 10.2 Å². The van der Waals surface area contributed by atoms with Gasteiger partial charge in [-0.1, -0.05) is 0 Å². The molecule has 0 bridgehead atoms. The Morgan fingerprint density at radius 2 is 2.19 bits per heavy atom. The average molecular weight is 217 g/mol. The fourth-order valence-electron chi connectivity index (χ4n) is 2.64. The maximum Gasteiger partial charge on any atom is 0.0429 e. The van der Waals surface area contributed by atoms with Crippen molar-refractivity contribution in [3.8, 4) is 0 Å². The smallest absolute Gasteiger partial charge is 0.0429 e. The standard InChI is InChI=1S/C13H19N3/c1-10-8-12(5-7-15-10)16(11-2-3-11)13-4-6-14-9-13/h5,7-8,11,13-14H,2-4,6,9H2,1H3. The van der Waals surface area contributed by atoms with E-state index in [1.165, 1.54) is 24.9 Å². The minimum atomic E-state index is 0.689. The Balaban J connectivity index is 1.87. The minimum Gasteiger partial charge on any atom is -0.364 e. The van der Waals surface area contributed by atoms with E-state index in [1.807, 2.05) is 6.20 Å². The molecule has 2 fully saturated rings. The van der Waals surface area contributed by atoms with E-state index in [0.29, 0.717) is 6.04 Å². The quantitative estimate of drug-likeness (QED) is 0.835. The zero-order valence-corrected chi connectivity index (χ0v) is 9.82. The van der Waals surface area contributed by atoms with Gasteiger partial charge in [-0.3, -0.25) is 4.98 Å². The lowest BCUT2D eigenvalue weighted by atomic mass is 10.2. The van der Waals surface area contributed by atoms with Gasteiger partial charge >= 0.3 is 0 Å². The van der Waals surface area contributed by atoms with Crippen molar-refractivity contribution < 1.29 is 0 Å². The summed E-state index contributed by atoms with van der Waals surface area (Å²) in [5.74, 6) is 0. The molecule has 86 valence electrons. The molecule has 1 saturated heterocycles. The van der Waals surface area contributed by atoms with Crippen molar-refractivity contribution in [1.82, 2.24) is 10.3 Å². The highest BCUT2D eigenvalue weighted by Gasteiger charge is 2.35. The molecular formula is C13H19N3. The zero-order chi connectivity index (χ0) is 11.0. The van der Waals surface area contributed by atoms with Crippen LogP contribution >= 0.6 is 0 Å². The first kappa shape index (κ1) is 10.1. The Morgan fingerprint density at radius 1 is 1.31 bits per heavy atom. The lowest BCUT2D eigenvalue weighted by Gasteiger charge is -2.31. The molecule has 0 spiro atoms. The van der Waals surface area contributed by atoms with Crippen LogP contribution in [0.2, 0.25) is 0 Å². The molecule has 1 atom stereocenters. The highest BCUT2D eigenvalue weighted by molar-refractivity contribution is 5.50. The van der Waals surface area contributed by atoms with Crippen LogP contribution in [0, 0.1) is 6.92 Å². The predicted molar refractivity (Wildman–Crippen MR) is 65.7 cm³/mol. The number of nitrogens with one attached hydrogen (secondary N) is 1. The third kappa shape index (κ3) is 1.92. The summed E-state index contributed by atoms with van der Waals surface area (Å²) >= 11 is 0. The van der Waals surface area contributed by atoms with Gasteiger partial charge in [0, 0.05) is 36.2 Å². The molecule has 2 aliphatic rings. The van der Waals surface area contributed by atoms with Gasteiger partial charge in [-0.2, -0.15) is 0 Å². The lowest BCUT2D eigenvalue weighted by molar-refractivity contribution is 0.628. The molecule has 0 amide bonds. The van der Waals surface area contributed by atoms with Crippen LogP contribution < -0.4 is 10.2 Å². The predicted octanol–water partition coefficient (Wildman–Crippen LogP) is 1.72. The molecule has 1 N–H and O–H groups in total. The number of nitrogens with zero attached hydrogens (tertiary/aromatic N) is 2. The van der Waals surface area contributed by atoms with Gasteiger partial charge in [0.1, 0.15) is 0 Å². The summed E-state index contributed by atoms with van der Waals surface area (Å²) in [6.45, 7) is 4.37. The van der Waals surface area contributed by atoms with Gasteiger partial charge in [-0.05, 0) is 44.9 Å². The summed E-state index contributed by atoms with van der Waals surface area (Å²) in [5.41, 5.74) is 2.48. The van der Waals surface area contributed by atoms with E-state index >= 15 is 0 Å². The molecule has 16 heavy (non-hydrogen) atoms. The monoisotopic (exact) mass is 217 g/mol. The van der Waals surface area contributed by atoms with Crippen molar-refractivity contribution in [3.05, 3.63) is 24.0 Å². The molecule has 1 saturated carbocycles. The van der Waals surface area contributed by atoms with Gasteiger partial charge in [0.25, 0.3) is 0 Å². The second-order valence-electron chi connectivity index (χ2n) is 4.94. The number of anilines is 1. The molecular weight excluding hydrogens is 198 g/mol. The maximum absolute atomic E-state index is 4.29. The summed E-state index contributed by atoms with van der Waals surface area (Å²) in [4.78, 5) is 6.91. The summed E-state index contributed by atoms with van der Waals surface area (Å²) in [7, 11) is 0. The van der Waals surface area contributed by atoms with Gasteiger partial charge in [0.05, 0.1) is 0 Å². The molecule has 0 aromatic carbocycles. The van der Waals surface area contributed by atoms with Crippen LogP contribution in [0.3, 0.4) is 0 Å². The van der Waals surface area contributed by atoms with Gasteiger partial charge in [-0.25, -0.2) is 0 Å². The molecule has 3 nitrogen and oxygen atoms in total. The van der Waals surface area contributed by atoms with Crippen LogP contribution in [0.5, 0.6) is 0 Å². The molecule has 1 unspecified atom stereocenters. The van der Waals surface area contributed by atoms with E-state index < -0.39 is 0 Å². The maximum atomic E-state index is 4.29. The van der Waals surface area contributed by atoms with Gasteiger partial charge in [0.2, 0.25) is 0 Å². The number of hydrogen-bond acceptors (Lipinski definition) is 3. The second-order valence-corrected chi connectivity index (χ2v) is 4.94. The third-order valence-corrected chi connectivity index (χ3v) is 3.55. The number of hydrogen-bond donors (Lipinski definition) is 1. The summed E-state index contributed by atoms with van der Waals surface area (Å²) in [5, 5.41) is 3.46. The summed E-state index contributed by atoms with van der Waals surface area (Å²) < 4.78 is 0. The van der Waals surface area contributed by atoms with Crippen molar-refractivity contribution in [2.75, 3.05) is 18.0 Å². The van der Waals surface area contributed by atoms with E-state index in [-0.39, 0.29) is 0 Å². The summed E-state index contributed by atoms with van der Waals surface area (Å²) in [6.07, 6.45) is 5.93. The van der Waals surface area contributed by atoms with E-state index in [9.17, 15) is 0 Å². The van der Waals surface area contributed by atoms with E-state index in [4.69, 9.17) is 0 Å². The first-order valence-corrected chi connectivity index (χ1v) is 6.26. The first-order valence-electron chi connectivity index (χ1n) is 6.26. The van der Waals surface area contributed by atoms with E-state index in [1.54, 1.807) is 0 Å². The average Bonchev–Trinajstić information content (AvgIpc) is 2.94. The second kappa shape index (κ2) is 4.06. The third-order valence-electron chi connectivity index (χ3n) is 3.55. The molecule has 0 radical (unpaired) electrons. The van der Waals surface area contributed by atoms with Gasteiger partial charge in [-0.15, -0.1) is 0 Å². The zero-order valence-electron chi connectivity index (χ0n) is 9.82. The molecule has 3 heteroatoms. The number of aromatic nitrogens is 1. The van der Waals surface area contributed by atoms with Crippen molar-refractivity contribution in [2.24, 2.45) is 0 Å². The van der Waals surface area contributed by atoms with Crippen LogP contribution in [0.4, 0.5) is 5.69 Å². The van der Waals surface area contributed by atoms with Crippen molar-refractivity contribution in [3.63, 3.8) is 0 Å². The Bertz CT molecular complexity index is 367. The normalized spacial score (nSPS) is 24.7. The fraction of sp³-hybridized carbons (Fsp3) is 0.615. The minimum absolute atomic E-state index is 0.689. The molecule has 2 heterocycles. The number of rotatable bonds is 3. The molecule has 1 aliphatic carbocycles. The van der Waals surface area contributed by atoms with Crippen LogP contribution in [0.15, 0.2) is 18.3 Å².